The van der Waals surface area contributed by atoms with Crippen molar-refractivity contribution in [2.24, 2.45) is 11.8 Å². The second-order valence-electron chi connectivity index (χ2n) is 7.18. The van der Waals surface area contributed by atoms with Crippen LogP contribution >= 0.6 is 23.6 Å². The number of ether oxygens (including phenoxy) is 1. The lowest BCUT2D eigenvalue weighted by atomic mass is 10.1. The maximum absolute atomic E-state index is 12.2. The normalized spacial score (nSPS) is 13.3. The van der Waals surface area contributed by atoms with Crippen molar-refractivity contribution < 1.29 is 9.53 Å². The molecule has 0 unspecified atom stereocenters. The summed E-state index contributed by atoms with van der Waals surface area (Å²) in [6.07, 6.45) is 3.11. The average Bonchev–Trinajstić information content (AvgIpc) is 3.05. The molecule has 0 bridgehead atoms. The molecule has 0 saturated heterocycles. The number of carbonyl (C=O) groups excluding carboxylic acids is 1. The molecule has 0 amide bonds. The molecule has 1 aromatic rings. The summed E-state index contributed by atoms with van der Waals surface area (Å²) < 4.78 is 5.00. The number of esters is 1. The van der Waals surface area contributed by atoms with Crippen molar-refractivity contribution >= 4 is 39.6 Å². The highest BCUT2D eigenvalue weighted by Gasteiger charge is 2.28. The standard InChI is InChI=1S/C18H28N2O2S2/c1-11(2)9-20(10-12(3)4)18(23)19-16-15(17(21)22-5)13-7-6-8-14(13)24-16/h11-12H,6-10H2,1-5H3,(H,19,23). The first-order valence-corrected chi connectivity index (χ1v) is 9.84. The van der Waals surface area contributed by atoms with Crippen LogP contribution in [-0.2, 0) is 17.6 Å². The number of fused-ring (bicyclic) bond motifs is 1. The monoisotopic (exact) mass is 368 g/mol. The molecular weight excluding hydrogens is 340 g/mol. The summed E-state index contributed by atoms with van der Waals surface area (Å²) in [5.41, 5.74) is 1.84. The Kier molecular flexibility index (Phi) is 6.63. The lowest BCUT2D eigenvalue weighted by Gasteiger charge is -2.29. The molecule has 24 heavy (non-hydrogen) atoms. The number of thiophene rings is 1. The zero-order valence-corrected chi connectivity index (χ0v) is 16.9. The SMILES string of the molecule is COC(=O)c1c(NC(=S)N(CC(C)C)CC(C)C)sc2c1CCC2. The Morgan fingerprint density at radius 1 is 1.25 bits per heavy atom. The number of nitrogens with zero attached hydrogens (tertiary/aromatic N) is 1. The lowest BCUT2D eigenvalue weighted by Crippen LogP contribution is -2.39. The molecule has 1 heterocycles. The molecule has 2 rings (SSSR count). The predicted molar refractivity (Wildman–Crippen MR) is 105 cm³/mol. The van der Waals surface area contributed by atoms with Gasteiger partial charge in [0.05, 0.1) is 12.7 Å². The van der Waals surface area contributed by atoms with Crippen LogP contribution in [0.15, 0.2) is 0 Å². The van der Waals surface area contributed by atoms with Gasteiger partial charge in [0, 0.05) is 18.0 Å². The van der Waals surface area contributed by atoms with Crippen LogP contribution < -0.4 is 5.32 Å². The zero-order valence-electron chi connectivity index (χ0n) is 15.3. The van der Waals surface area contributed by atoms with E-state index in [0.717, 1.165) is 42.9 Å². The first-order chi connectivity index (χ1) is 11.3. The smallest absolute Gasteiger partial charge is 0.341 e. The number of hydrogen-bond acceptors (Lipinski definition) is 4. The Morgan fingerprint density at radius 3 is 2.42 bits per heavy atom. The van der Waals surface area contributed by atoms with Crippen molar-refractivity contribution in [2.75, 3.05) is 25.5 Å². The topological polar surface area (TPSA) is 41.6 Å². The summed E-state index contributed by atoms with van der Waals surface area (Å²) in [7, 11) is 1.44. The van der Waals surface area contributed by atoms with Crippen molar-refractivity contribution in [3.05, 3.63) is 16.0 Å². The van der Waals surface area contributed by atoms with Crippen LogP contribution in [0.1, 0.15) is 54.9 Å². The average molecular weight is 369 g/mol. The summed E-state index contributed by atoms with van der Waals surface area (Å²) in [4.78, 5) is 15.7. The second kappa shape index (κ2) is 8.30. The van der Waals surface area contributed by atoms with Gasteiger partial charge in [0.15, 0.2) is 5.11 Å². The number of nitrogens with one attached hydrogen (secondary N) is 1. The molecule has 0 aliphatic heterocycles. The van der Waals surface area contributed by atoms with Crippen LogP contribution in [0.4, 0.5) is 5.00 Å². The van der Waals surface area contributed by atoms with E-state index in [9.17, 15) is 4.79 Å². The summed E-state index contributed by atoms with van der Waals surface area (Å²) in [6.45, 7) is 10.6. The van der Waals surface area contributed by atoms with Crippen LogP contribution in [0.2, 0.25) is 0 Å². The Bertz CT molecular complexity index is 598. The van der Waals surface area contributed by atoms with E-state index < -0.39 is 0 Å². The third kappa shape index (κ3) is 4.48. The van der Waals surface area contributed by atoms with Gasteiger partial charge >= 0.3 is 5.97 Å². The summed E-state index contributed by atoms with van der Waals surface area (Å²) in [6, 6.07) is 0. The number of rotatable bonds is 6. The van der Waals surface area contributed by atoms with Crippen molar-refractivity contribution in [1.82, 2.24) is 4.90 Å². The lowest BCUT2D eigenvalue weighted by molar-refractivity contribution is 0.0601. The maximum Gasteiger partial charge on any atom is 0.341 e. The van der Waals surface area contributed by atoms with E-state index >= 15 is 0 Å². The van der Waals surface area contributed by atoms with Crippen molar-refractivity contribution in [1.29, 1.82) is 0 Å². The Morgan fingerprint density at radius 2 is 1.88 bits per heavy atom. The summed E-state index contributed by atoms with van der Waals surface area (Å²) in [5, 5.41) is 4.88. The Labute approximate surface area is 154 Å². The largest absolute Gasteiger partial charge is 0.465 e. The number of methoxy groups -OCH3 is 1. The molecule has 1 N–H and O–H groups in total. The molecule has 1 aromatic heterocycles. The van der Waals surface area contributed by atoms with Crippen LogP contribution in [0.3, 0.4) is 0 Å². The van der Waals surface area contributed by atoms with Crippen molar-refractivity contribution in [3.63, 3.8) is 0 Å². The minimum absolute atomic E-state index is 0.265. The van der Waals surface area contributed by atoms with Crippen LogP contribution in [-0.4, -0.2) is 36.2 Å². The number of thiocarbonyl (C=S) groups is 1. The highest BCUT2D eigenvalue weighted by molar-refractivity contribution is 7.80. The van der Waals surface area contributed by atoms with Gasteiger partial charge in [-0.05, 0) is 48.9 Å². The molecule has 0 fully saturated rings. The molecule has 0 spiro atoms. The molecule has 134 valence electrons. The van der Waals surface area contributed by atoms with E-state index in [1.165, 1.54) is 12.0 Å². The molecule has 0 saturated carbocycles. The first kappa shape index (κ1) is 19.2. The molecule has 0 aromatic carbocycles. The molecular formula is C18H28N2O2S2. The predicted octanol–water partition coefficient (Wildman–Crippen LogP) is 4.33. The van der Waals surface area contributed by atoms with Gasteiger partial charge in [0.1, 0.15) is 5.00 Å². The van der Waals surface area contributed by atoms with Gasteiger partial charge in [-0.25, -0.2) is 4.79 Å². The van der Waals surface area contributed by atoms with E-state index in [2.05, 4.69) is 37.9 Å². The summed E-state index contributed by atoms with van der Waals surface area (Å²) in [5.74, 6) is 0.785. The fraction of sp³-hybridized carbons (Fsp3) is 0.667. The number of carbonyl (C=O) groups is 1. The highest BCUT2D eigenvalue weighted by Crippen LogP contribution is 2.39. The molecule has 6 heteroatoms. The molecule has 1 aliphatic rings. The summed E-state index contributed by atoms with van der Waals surface area (Å²) >= 11 is 7.30. The van der Waals surface area contributed by atoms with Gasteiger partial charge in [0.25, 0.3) is 0 Å². The van der Waals surface area contributed by atoms with Gasteiger partial charge in [-0.1, -0.05) is 27.7 Å². The van der Waals surface area contributed by atoms with Crippen LogP contribution in [0.25, 0.3) is 0 Å². The van der Waals surface area contributed by atoms with Crippen molar-refractivity contribution in [3.8, 4) is 0 Å². The van der Waals surface area contributed by atoms with E-state index in [-0.39, 0.29) is 5.97 Å². The highest BCUT2D eigenvalue weighted by atomic mass is 32.1. The van der Waals surface area contributed by atoms with Crippen LogP contribution in [0, 0.1) is 11.8 Å². The first-order valence-electron chi connectivity index (χ1n) is 8.62. The van der Waals surface area contributed by atoms with Gasteiger partial charge in [0.2, 0.25) is 0 Å². The van der Waals surface area contributed by atoms with E-state index in [1.807, 2.05) is 0 Å². The molecule has 1 aliphatic carbocycles. The quantitative estimate of drug-likeness (QED) is 0.598. The minimum atomic E-state index is -0.265. The second-order valence-corrected chi connectivity index (χ2v) is 8.67. The van der Waals surface area contributed by atoms with Crippen LogP contribution in [0.5, 0.6) is 0 Å². The Balaban J connectivity index is 2.22. The van der Waals surface area contributed by atoms with Gasteiger partial charge < -0.3 is 15.0 Å². The fourth-order valence-corrected chi connectivity index (χ4v) is 4.70. The number of anilines is 1. The number of hydrogen-bond donors (Lipinski definition) is 1. The molecule has 4 nitrogen and oxygen atoms in total. The van der Waals surface area contributed by atoms with E-state index in [1.54, 1.807) is 11.3 Å². The van der Waals surface area contributed by atoms with Gasteiger partial charge in [-0.3, -0.25) is 0 Å². The van der Waals surface area contributed by atoms with E-state index in [0.29, 0.717) is 22.5 Å². The third-order valence-corrected chi connectivity index (χ3v) is 5.56. The minimum Gasteiger partial charge on any atom is -0.465 e. The molecule has 0 radical (unpaired) electrons. The van der Waals surface area contributed by atoms with Crippen molar-refractivity contribution in [2.45, 2.75) is 47.0 Å². The third-order valence-electron chi connectivity index (χ3n) is 3.99. The fourth-order valence-electron chi connectivity index (χ4n) is 3.11. The van der Waals surface area contributed by atoms with Gasteiger partial charge in [-0.15, -0.1) is 11.3 Å². The zero-order chi connectivity index (χ0) is 17.9. The number of aryl methyl sites for hydroxylation is 1. The maximum atomic E-state index is 12.2. The van der Waals surface area contributed by atoms with E-state index in [4.69, 9.17) is 17.0 Å². The molecule has 0 atom stereocenters. The van der Waals surface area contributed by atoms with Gasteiger partial charge in [-0.2, -0.15) is 0 Å². The Hall–Kier alpha value is -1.14.